The van der Waals surface area contributed by atoms with Crippen molar-refractivity contribution in [2.45, 2.75) is 38.8 Å². The minimum Gasteiger partial charge on any atom is -0.508 e. The number of pyridine rings is 1. The Morgan fingerprint density at radius 3 is 2.77 bits per heavy atom. The fourth-order valence-electron chi connectivity index (χ4n) is 3.96. The molecule has 0 amide bonds. The number of nitrogens with one attached hydrogen (secondary N) is 1. The van der Waals surface area contributed by atoms with Crippen LogP contribution in [-0.4, -0.2) is 35.7 Å². The summed E-state index contributed by atoms with van der Waals surface area (Å²) in [4.78, 5) is 17.8. The molecule has 3 aromatic heterocycles. The molecule has 0 fully saturated rings. The molecule has 4 aromatic rings. The fraction of sp³-hybridized carbons (Fsp3) is 0.273. The highest BCUT2D eigenvalue weighted by Gasteiger charge is 2.24. The molecule has 0 bridgehead atoms. The zero-order chi connectivity index (χ0) is 20.8. The average molecular weight is 404 g/mol. The molecule has 8 heteroatoms. The molecule has 1 atom stereocenters. The maximum Gasteiger partial charge on any atom is 0.166 e. The van der Waals surface area contributed by atoms with Gasteiger partial charge in [-0.3, -0.25) is 4.98 Å². The Morgan fingerprint density at radius 2 is 1.97 bits per heavy atom. The molecule has 5 rings (SSSR count). The van der Waals surface area contributed by atoms with E-state index in [4.69, 9.17) is 0 Å². The van der Waals surface area contributed by atoms with Crippen LogP contribution in [0, 0.1) is 5.82 Å². The molecule has 0 saturated carbocycles. The standard InChI is InChI=1S/C22H21FN6O/c1-12(2)29-11-25-19-21(26-17-6-13-3-4-18(30)8-14(13)7-17)27-20(28-22(19)29)15-5-16(23)10-24-9-15/h3-5,8-12,17,30H,6-7H2,1-2H3,(H,26,27,28). The highest BCUT2D eigenvalue weighted by atomic mass is 19.1. The van der Waals surface area contributed by atoms with Gasteiger partial charge in [0.2, 0.25) is 0 Å². The highest BCUT2D eigenvalue weighted by molar-refractivity contribution is 5.85. The van der Waals surface area contributed by atoms with E-state index in [9.17, 15) is 9.50 Å². The first kappa shape index (κ1) is 18.5. The summed E-state index contributed by atoms with van der Waals surface area (Å²) in [7, 11) is 0. The van der Waals surface area contributed by atoms with Gasteiger partial charge in [-0.05, 0) is 56.0 Å². The quantitative estimate of drug-likeness (QED) is 0.536. The topological polar surface area (TPSA) is 88.8 Å². The predicted octanol–water partition coefficient (Wildman–Crippen LogP) is 3.89. The summed E-state index contributed by atoms with van der Waals surface area (Å²) in [6.07, 6.45) is 6.06. The first-order valence-electron chi connectivity index (χ1n) is 9.90. The first-order chi connectivity index (χ1) is 14.5. The van der Waals surface area contributed by atoms with Gasteiger partial charge in [-0.15, -0.1) is 0 Å². The summed E-state index contributed by atoms with van der Waals surface area (Å²) >= 11 is 0. The minimum atomic E-state index is -0.436. The molecule has 0 radical (unpaired) electrons. The molecule has 1 unspecified atom stereocenters. The van der Waals surface area contributed by atoms with Crippen molar-refractivity contribution in [1.29, 1.82) is 0 Å². The molecule has 1 aliphatic rings. The number of fused-ring (bicyclic) bond motifs is 2. The van der Waals surface area contributed by atoms with Gasteiger partial charge in [-0.25, -0.2) is 19.3 Å². The van der Waals surface area contributed by atoms with Crippen molar-refractivity contribution in [3.8, 4) is 17.1 Å². The SMILES string of the molecule is CC(C)n1cnc2c(NC3Cc4ccc(O)cc4C3)nc(-c3cncc(F)c3)nc21. The lowest BCUT2D eigenvalue weighted by Gasteiger charge is -2.15. The van der Waals surface area contributed by atoms with Crippen molar-refractivity contribution in [3.63, 3.8) is 0 Å². The van der Waals surface area contributed by atoms with Gasteiger partial charge in [-0.1, -0.05) is 6.07 Å². The van der Waals surface area contributed by atoms with Gasteiger partial charge in [0.15, 0.2) is 17.3 Å². The molecular weight excluding hydrogens is 383 g/mol. The summed E-state index contributed by atoms with van der Waals surface area (Å²) < 4.78 is 15.7. The van der Waals surface area contributed by atoms with E-state index in [1.807, 2.05) is 16.7 Å². The number of aromatic nitrogens is 5. The van der Waals surface area contributed by atoms with Crippen LogP contribution >= 0.6 is 0 Å². The van der Waals surface area contributed by atoms with E-state index >= 15 is 0 Å². The largest absolute Gasteiger partial charge is 0.508 e. The van der Waals surface area contributed by atoms with Crippen LogP contribution in [0.1, 0.15) is 31.0 Å². The van der Waals surface area contributed by atoms with E-state index in [-0.39, 0.29) is 17.8 Å². The number of anilines is 1. The van der Waals surface area contributed by atoms with Crippen molar-refractivity contribution >= 4 is 17.0 Å². The van der Waals surface area contributed by atoms with Gasteiger partial charge in [0.05, 0.1) is 12.5 Å². The number of hydrogen-bond acceptors (Lipinski definition) is 6. The van der Waals surface area contributed by atoms with Gasteiger partial charge >= 0.3 is 0 Å². The van der Waals surface area contributed by atoms with Crippen LogP contribution in [0.3, 0.4) is 0 Å². The zero-order valence-electron chi connectivity index (χ0n) is 16.7. The molecule has 0 aliphatic heterocycles. The first-order valence-corrected chi connectivity index (χ1v) is 9.90. The number of phenolic OH excluding ortho intramolecular Hbond substituents is 1. The molecule has 1 aliphatic carbocycles. The maximum absolute atomic E-state index is 13.8. The highest BCUT2D eigenvalue weighted by Crippen LogP contribution is 2.30. The molecule has 0 spiro atoms. The maximum atomic E-state index is 13.8. The Hall–Kier alpha value is -3.55. The average Bonchev–Trinajstić information content (AvgIpc) is 3.31. The molecule has 7 nitrogen and oxygen atoms in total. The van der Waals surface area contributed by atoms with Crippen LogP contribution in [0.2, 0.25) is 0 Å². The van der Waals surface area contributed by atoms with Gasteiger partial charge in [0.25, 0.3) is 0 Å². The zero-order valence-corrected chi connectivity index (χ0v) is 16.7. The van der Waals surface area contributed by atoms with Crippen LogP contribution in [0.4, 0.5) is 10.2 Å². The number of hydrogen-bond donors (Lipinski definition) is 2. The van der Waals surface area contributed by atoms with E-state index in [0.29, 0.717) is 28.4 Å². The summed E-state index contributed by atoms with van der Waals surface area (Å²) in [5.41, 5.74) is 4.21. The van der Waals surface area contributed by atoms with Crippen molar-refractivity contribution in [2.24, 2.45) is 0 Å². The summed E-state index contributed by atoms with van der Waals surface area (Å²) in [5.74, 6) is 0.845. The molecular formula is C22H21FN6O. The Morgan fingerprint density at radius 1 is 1.13 bits per heavy atom. The number of benzene rings is 1. The second kappa shape index (κ2) is 7.05. The number of aromatic hydroxyl groups is 1. The van der Waals surface area contributed by atoms with Crippen molar-refractivity contribution in [2.75, 3.05) is 5.32 Å². The van der Waals surface area contributed by atoms with Crippen molar-refractivity contribution in [3.05, 3.63) is 59.9 Å². The van der Waals surface area contributed by atoms with Crippen LogP contribution in [-0.2, 0) is 12.8 Å². The molecule has 0 saturated heterocycles. The summed E-state index contributed by atoms with van der Waals surface area (Å²) in [6, 6.07) is 7.13. The fourth-order valence-corrected chi connectivity index (χ4v) is 3.96. The van der Waals surface area contributed by atoms with Gasteiger partial charge in [0, 0.05) is 23.8 Å². The number of nitrogens with zero attached hydrogens (tertiary/aromatic N) is 5. The third kappa shape index (κ3) is 3.24. The normalized spacial score (nSPS) is 15.7. The Bertz CT molecular complexity index is 1250. The molecule has 152 valence electrons. The predicted molar refractivity (Wildman–Crippen MR) is 112 cm³/mol. The number of phenols is 1. The summed E-state index contributed by atoms with van der Waals surface area (Å²) in [5, 5.41) is 13.3. The lowest BCUT2D eigenvalue weighted by atomic mass is 10.1. The van der Waals surface area contributed by atoms with Crippen molar-refractivity contribution < 1.29 is 9.50 Å². The second-order valence-electron chi connectivity index (χ2n) is 7.91. The van der Waals surface area contributed by atoms with E-state index in [1.165, 1.54) is 11.6 Å². The second-order valence-corrected chi connectivity index (χ2v) is 7.91. The lowest BCUT2D eigenvalue weighted by Crippen LogP contribution is -2.21. The van der Waals surface area contributed by atoms with E-state index < -0.39 is 5.82 Å². The number of halogens is 1. The van der Waals surface area contributed by atoms with Gasteiger partial charge in [-0.2, -0.15) is 0 Å². The molecule has 1 aromatic carbocycles. The van der Waals surface area contributed by atoms with E-state index in [0.717, 1.165) is 24.6 Å². The molecule has 30 heavy (non-hydrogen) atoms. The Labute approximate surface area is 172 Å². The Balaban J connectivity index is 1.57. The van der Waals surface area contributed by atoms with Gasteiger partial charge in [0.1, 0.15) is 17.1 Å². The third-order valence-electron chi connectivity index (χ3n) is 5.40. The molecule has 2 N–H and O–H groups in total. The van der Waals surface area contributed by atoms with Crippen molar-refractivity contribution in [1.82, 2.24) is 24.5 Å². The van der Waals surface area contributed by atoms with E-state index in [2.05, 4.69) is 39.1 Å². The summed E-state index contributed by atoms with van der Waals surface area (Å²) in [6.45, 7) is 4.11. The Kier molecular flexibility index (Phi) is 4.34. The number of imidazole rings is 1. The third-order valence-corrected chi connectivity index (χ3v) is 5.40. The van der Waals surface area contributed by atoms with Crippen LogP contribution < -0.4 is 5.32 Å². The van der Waals surface area contributed by atoms with Crippen LogP contribution in [0.5, 0.6) is 5.75 Å². The number of rotatable bonds is 4. The van der Waals surface area contributed by atoms with E-state index in [1.54, 1.807) is 18.6 Å². The molecule has 3 heterocycles. The smallest absolute Gasteiger partial charge is 0.166 e. The van der Waals surface area contributed by atoms with Gasteiger partial charge < -0.3 is 15.0 Å². The minimum absolute atomic E-state index is 0.114. The van der Waals surface area contributed by atoms with Crippen LogP contribution in [0.25, 0.3) is 22.6 Å². The van der Waals surface area contributed by atoms with Crippen LogP contribution in [0.15, 0.2) is 43.0 Å². The lowest BCUT2D eigenvalue weighted by molar-refractivity contribution is 0.474. The monoisotopic (exact) mass is 404 g/mol.